The molecule has 1 fully saturated rings. The Morgan fingerprint density at radius 1 is 1.42 bits per heavy atom. The van der Waals surface area contributed by atoms with Crippen LogP contribution in [0.4, 0.5) is 0 Å². The normalized spacial score (nSPS) is 38.2. The largest absolute Gasteiger partial charge is 0.384 e. The fourth-order valence-electron chi connectivity index (χ4n) is 1.91. The number of hydrogen-bond acceptors (Lipinski definition) is 1. The van der Waals surface area contributed by atoms with Crippen LogP contribution < -0.4 is 0 Å². The van der Waals surface area contributed by atoms with Gasteiger partial charge in [0.2, 0.25) is 0 Å². The van der Waals surface area contributed by atoms with E-state index in [9.17, 15) is 0 Å². The van der Waals surface area contributed by atoms with Gasteiger partial charge in [-0.2, -0.15) is 0 Å². The molecule has 1 aliphatic heterocycles. The van der Waals surface area contributed by atoms with Crippen LogP contribution in [0.5, 0.6) is 0 Å². The van der Waals surface area contributed by atoms with E-state index in [1.165, 1.54) is 12.8 Å². The molecule has 0 bridgehead atoms. The molecule has 2 heteroatoms. The quantitative estimate of drug-likeness (QED) is 0.543. The molecule has 68 valence electrons. The second-order valence-corrected chi connectivity index (χ2v) is 4.25. The summed E-state index contributed by atoms with van der Waals surface area (Å²) in [6.45, 7) is 7.31. The summed E-state index contributed by atoms with van der Waals surface area (Å²) in [5.41, 5.74) is -0.378. The van der Waals surface area contributed by atoms with Gasteiger partial charge in [-0.25, -0.2) is 0 Å². The maximum Gasteiger partial charge on any atom is 0.114 e. The summed E-state index contributed by atoms with van der Waals surface area (Å²) in [7, 11) is 6.22. The molecular formula is C10H19BO. The highest BCUT2D eigenvalue weighted by atomic mass is 16.5. The highest BCUT2D eigenvalue weighted by Gasteiger charge is 2.35. The molecule has 2 atom stereocenters. The lowest BCUT2D eigenvalue weighted by Crippen LogP contribution is -2.44. The summed E-state index contributed by atoms with van der Waals surface area (Å²) in [6, 6.07) is 0. The van der Waals surface area contributed by atoms with E-state index in [1.807, 2.05) is 0 Å². The lowest BCUT2D eigenvalue weighted by Gasteiger charge is -2.38. The average molecular weight is 166 g/mol. The molecule has 0 aromatic heterocycles. The van der Waals surface area contributed by atoms with Crippen LogP contribution in [-0.4, -0.2) is 20.0 Å². The van der Waals surface area contributed by atoms with E-state index in [0.717, 1.165) is 13.0 Å². The van der Waals surface area contributed by atoms with Gasteiger partial charge in [0, 0.05) is 12.1 Å². The molecule has 0 aromatic carbocycles. The van der Waals surface area contributed by atoms with Crippen molar-refractivity contribution in [2.45, 2.75) is 45.5 Å². The van der Waals surface area contributed by atoms with E-state index in [1.54, 1.807) is 0 Å². The summed E-state index contributed by atoms with van der Waals surface area (Å²) in [5.74, 6) is 0.894. The Hall–Kier alpha value is 0.0249. The van der Waals surface area contributed by atoms with Gasteiger partial charge in [0.1, 0.15) is 7.85 Å². The first kappa shape index (κ1) is 10.1. The second kappa shape index (κ2) is 3.82. The van der Waals surface area contributed by atoms with Crippen molar-refractivity contribution in [1.29, 1.82) is 0 Å². The standard InChI is InChI=1S/C10H19BO/c1-8(2)10(11)9(3)6-4-5-7-12-10/h8-9H,4-7H2,1-3H3/t9?,10-/m0/s1. The minimum Gasteiger partial charge on any atom is -0.384 e. The number of rotatable bonds is 1. The molecule has 0 amide bonds. The summed E-state index contributed by atoms with van der Waals surface area (Å²) in [4.78, 5) is 0. The Morgan fingerprint density at radius 2 is 2.08 bits per heavy atom. The van der Waals surface area contributed by atoms with Gasteiger partial charge in [-0.3, -0.25) is 0 Å². The average Bonchev–Trinajstić information content (AvgIpc) is 2.16. The smallest absolute Gasteiger partial charge is 0.114 e. The van der Waals surface area contributed by atoms with Crippen LogP contribution in [0.1, 0.15) is 40.0 Å². The van der Waals surface area contributed by atoms with Crippen molar-refractivity contribution in [2.24, 2.45) is 11.8 Å². The van der Waals surface area contributed by atoms with E-state index in [0.29, 0.717) is 11.8 Å². The van der Waals surface area contributed by atoms with Crippen molar-refractivity contribution in [3.8, 4) is 0 Å². The third-order valence-electron chi connectivity index (χ3n) is 3.06. The molecule has 0 aromatic rings. The van der Waals surface area contributed by atoms with Gasteiger partial charge >= 0.3 is 0 Å². The Balaban J connectivity index is 2.69. The fraction of sp³-hybridized carbons (Fsp3) is 1.00. The number of hydrogen-bond donors (Lipinski definition) is 0. The molecule has 0 spiro atoms. The van der Waals surface area contributed by atoms with Crippen molar-refractivity contribution < 1.29 is 4.74 Å². The van der Waals surface area contributed by atoms with Crippen LogP contribution >= 0.6 is 0 Å². The lowest BCUT2D eigenvalue weighted by atomic mass is 9.64. The van der Waals surface area contributed by atoms with E-state index in [4.69, 9.17) is 12.6 Å². The minimum absolute atomic E-state index is 0.378. The third kappa shape index (κ3) is 1.85. The van der Waals surface area contributed by atoms with Crippen LogP contribution in [0.15, 0.2) is 0 Å². The molecule has 1 saturated heterocycles. The van der Waals surface area contributed by atoms with E-state index < -0.39 is 0 Å². The zero-order valence-electron chi connectivity index (χ0n) is 8.47. The van der Waals surface area contributed by atoms with Crippen LogP contribution in [0, 0.1) is 11.8 Å². The van der Waals surface area contributed by atoms with Gasteiger partial charge < -0.3 is 4.74 Å². The van der Waals surface area contributed by atoms with Crippen molar-refractivity contribution >= 4 is 7.85 Å². The zero-order valence-corrected chi connectivity index (χ0v) is 8.47. The molecule has 0 saturated carbocycles. The first-order valence-corrected chi connectivity index (χ1v) is 5.00. The Kier molecular flexibility index (Phi) is 3.22. The molecular weight excluding hydrogens is 147 g/mol. The summed E-state index contributed by atoms with van der Waals surface area (Å²) in [5, 5.41) is 0. The van der Waals surface area contributed by atoms with Crippen molar-refractivity contribution in [3.63, 3.8) is 0 Å². The van der Waals surface area contributed by atoms with Crippen LogP contribution in [0.3, 0.4) is 0 Å². The predicted molar refractivity (Wildman–Crippen MR) is 52.3 cm³/mol. The zero-order chi connectivity index (χ0) is 9.19. The summed E-state index contributed by atoms with van der Waals surface area (Å²) < 4.78 is 5.74. The van der Waals surface area contributed by atoms with E-state index >= 15 is 0 Å². The Bertz CT molecular complexity index is 147. The maximum absolute atomic E-state index is 6.22. The van der Waals surface area contributed by atoms with E-state index in [2.05, 4.69) is 20.8 Å². The SMILES string of the molecule is [B][C@@]1(C(C)C)OCCCCC1C. The molecule has 1 aliphatic rings. The summed E-state index contributed by atoms with van der Waals surface area (Å²) in [6.07, 6.45) is 3.62. The molecule has 0 aliphatic carbocycles. The Morgan fingerprint density at radius 3 is 2.67 bits per heavy atom. The molecule has 12 heavy (non-hydrogen) atoms. The van der Waals surface area contributed by atoms with E-state index in [-0.39, 0.29) is 5.50 Å². The van der Waals surface area contributed by atoms with Crippen LogP contribution in [0.25, 0.3) is 0 Å². The molecule has 1 unspecified atom stereocenters. The highest BCUT2D eigenvalue weighted by molar-refractivity contribution is 6.14. The lowest BCUT2D eigenvalue weighted by molar-refractivity contribution is -0.0388. The minimum atomic E-state index is -0.378. The number of ether oxygens (including phenoxy) is 1. The fourth-order valence-corrected chi connectivity index (χ4v) is 1.91. The summed E-state index contributed by atoms with van der Waals surface area (Å²) >= 11 is 0. The molecule has 1 nitrogen and oxygen atoms in total. The molecule has 1 rings (SSSR count). The maximum atomic E-state index is 6.22. The monoisotopic (exact) mass is 166 g/mol. The topological polar surface area (TPSA) is 9.23 Å². The van der Waals surface area contributed by atoms with Crippen LogP contribution in [-0.2, 0) is 4.74 Å². The molecule has 1 heterocycles. The van der Waals surface area contributed by atoms with Gasteiger partial charge in [0.25, 0.3) is 0 Å². The third-order valence-corrected chi connectivity index (χ3v) is 3.06. The van der Waals surface area contributed by atoms with Gasteiger partial charge in [-0.05, 0) is 24.7 Å². The van der Waals surface area contributed by atoms with Crippen molar-refractivity contribution in [1.82, 2.24) is 0 Å². The van der Waals surface area contributed by atoms with Gasteiger partial charge in [0.15, 0.2) is 0 Å². The van der Waals surface area contributed by atoms with Crippen molar-refractivity contribution in [2.75, 3.05) is 6.61 Å². The highest BCUT2D eigenvalue weighted by Crippen LogP contribution is 2.33. The van der Waals surface area contributed by atoms with Gasteiger partial charge in [-0.15, -0.1) is 0 Å². The first-order valence-electron chi connectivity index (χ1n) is 5.00. The van der Waals surface area contributed by atoms with Crippen LogP contribution in [0.2, 0.25) is 0 Å². The second-order valence-electron chi connectivity index (χ2n) is 4.25. The molecule has 0 N–H and O–H groups in total. The molecule has 2 radical (unpaired) electrons. The Labute approximate surface area is 77.3 Å². The van der Waals surface area contributed by atoms with Crippen molar-refractivity contribution in [3.05, 3.63) is 0 Å². The predicted octanol–water partition coefficient (Wildman–Crippen LogP) is 2.34. The van der Waals surface area contributed by atoms with Gasteiger partial charge in [-0.1, -0.05) is 27.2 Å². The van der Waals surface area contributed by atoms with Gasteiger partial charge in [0.05, 0.1) is 0 Å². The first-order chi connectivity index (χ1) is 5.57.